The van der Waals surface area contributed by atoms with E-state index in [1.54, 1.807) is 17.5 Å². The summed E-state index contributed by atoms with van der Waals surface area (Å²) < 4.78 is 28.2. The average molecular weight is 422 g/mol. The highest BCUT2D eigenvalue weighted by atomic mass is 32.2. The van der Waals surface area contributed by atoms with Gasteiger partial charge in [-0.3, -0.25) is 4.79 Å². The van der Waals surface area contributed by atoms with Gasteiger partial charge in [-0.1, -0.05) is 29.5 Å². The smallest absolute Gasteiger partial charge is 0.252 e. The molecule has 1 aliphatic heterocycles. The number of aromatic nitrogens is 1. The van der Waals surface area contributed by atoms with Crippen molar-refractivity contribution in [2.45, 2.75) is 24.0 Å². The first kappa shape index (κ1) is 18.5. The van der Waals surface area contributed by atoms with Gasteiger partial charge in [-0.25, -0.2) is 13.4 Å². The molecule has 2 aromatic heterocycles. The summed E-state index contributed by atoms with van der Waals surface area (Å²) in [5.74, 6) is -0.542. The zero-order chi connectivity index (χ0) is 19.0. The minimum Gasteiger partial charge on any atom is -0.302 e. The van der Waals surface area contributed by atoms with Crippen molar-refractivity contribution in [1.29, 1.82) is 0 Å². The van der Waals surface area contributed by atoms with Crippen LogP contribution in [-0.4, -0.2) is 36.7 Å². The van der Waals surface area contributed by atoms with Crippen molar-refractivity contribution in [2.24, 2.45) is 5.92 Å². The van der Waals surface area contributed by atoms with Crippen LogP contribution in [0, 0.1) is 12.8 Å². The summed E-state index contributed by atoms with van der Waals surface area (Å²) in [7, 11) is -3.53. The summed E-state index contributed by atoms with van der Waals surface area (Å²) in [6.07, 6.45) is 1.34. The number of carbonyl (C=O) groups is 1. The molecule has 1 N–H and O–H groups in total. The molecular formula is C18H19N3O3S3. The van der Waals surface area contributed by atoms with Crippen molar-refractivity contribution >= 4 is 54.0 Å². The van der Waals surface area contributed by atoms with E-state index >= 15 is 0 Å². The molecule has 1 amide bonds. The van der Waals surface area contributed by atoms with Crippen molar-refractivity contribution in [2.75, 3.05) is 18.4 Å². The number of para-hydroxylation sites is 1. The molecule has 1 fully saturated rings. The zero-order valence-electron chi connectivity index (χ0n) is 14.7. The molecule has 6 nitrogen and oxygen atoms in total. The molecule has 0 saturated carbocycles. The Morgan fingerprint density at radius 1 is 1.30 bits per heavy atom. The van der Waals surface area contributed by atoms with Crippen LogP contribution >= 0.6 is 22.7 Å². The first-order valence-corrected chi connectivity index (χ1v) is 11.8. The maximum Gasteiger partial charge on any atom is 0.252 e. The van der Waals surface area contributed by atoms with Gasteiger partial charge in [0.2, 0.25) is 5.91 Å². The second-order valence-electron chi connectivity index (χ2n) is 6.56. The third kappa shape index (κ3) is 3.64. The Kier molecular flexibility index (Phi) is 5.02. The van der Waals surface area contributed by atoms with E-state index in [9.17, 15) is 13.2 Å². The SMILES string of the molecule is Cc1cccc2sc(NC(=O)C3CCCN(S(=O)(=O)c4cccs4)C3)nc12. The lowest BCUT2D eigenvalue weighted by atomic mass is 9.99. The lowest BCUT2D eigenvalue weighted by molar-refractivity contribution is -0.120. The molecule has 1 aliphatic rings. The normalized spacial score (nSPS) is 18.6. The maximum atomic E-state index is 12.7. The first-order chi connectivity index (χ1) is 12.9. The lowest BCUT2D eigenvalue weighted by Gasteiger charge is -2.30. The van der Waals surface area contributed by atoms with Crippen LogP contribution in [0.25, 0.3) is 10.2 Å². The number of thiazole rings is 1. The second-order valence-corrected chi connectivity index (χ2v) is 10.7. The number of nitrogens with one attached hydrogen (secondary N) is 1. The van der Waals surface area contributed by atoms with Crippen LogP contribution in [0.5, 0.6) is 0 Å². The Labute approximate surface area is 165 Å². The summed E-state index contributed by atoms with van der Waals surface area (Å²) in [6.45, 7) is 2.64. The van der Waals surface area contributed by atoms with E-state index in [0.29, 0.717) is 28.7 Å². The highest BCUT2D eigenvalue weighted by Crippen LogP contribution is 2.30. The predicted octanol–water partition coefficient (Wildman–Crippen LogP) is 3.71. The fraction of sp³-hybridized carbons (Fsp3) is 0.333. The van der Waals surface area contributed by atoms with Gasteiger partial charge in [-0.2, -0.15) is 4.31 Å². The molecule has 9 heteroatoms. The second kappa shape index (κ2) is 7.31. The Balaban J connectivity index is 1.49. The number of benzene rings is 1. The quantitative estimate of drug-likeness (QED) is 0.697. The van der Waals surface area contributed by atoms with Gasteiger partial charge in [-0.05, 0) is 42.8 Å². The number of carbonyl (C=O) groups excluding carboxylic acids is 1. The van der Waals surface area contributed by atoms with Crippen LogP contribution in [0.2, 0.25) is 0 Å². The third-order valence-electron chi connectivity index (χ3n) is 4.69. The molecule has 1 unspecified atom stereocenters. The van der Waals surface area contributed by atoms with E-state index < -0.39 is 10.0 Å². The molecule has 1 aromatic carbocycles. The van der Waals surface area contributed by atoms with Gasteiger partial charge in [0.05, 0.1) is 16.1 Å². The Morgan fingerprint density at radius 3 is 2.89 bits per heavy atom. The molecular weight excluding hydrogens is 402 g/mol. The third-order valence-corrected chi connectivity index (χ3v) is 8.87. The molecule has 3 heterocycles. The Morgan fingerprint density at radius 2 is 2.15 bits per heavy atom. The zero-order valence-corrected chi connectivity index (χ0v) is 17.2. The molecule has 0 spiro atoms. The largest absolute Gasteiger partial charge is 0.302 e. The van der Waals surface area contributed by atoms with E-state index in [4.69, 9.17) is 0 Å². The molecule has 1 atom stereocenters. The number of sulfonamides is 1. The molecule has 4 rings (SSSR count). The van der Waals surface area contributed by atoms with Crippen LogP contribution in [0.15, 0.2) is 39.9 Å². The lowest BCUT2D eigenvalue weighted by Crippen LogP contribution is -2.43. The predicted molar refractivity (Wildman–Crippen MR) is 109 cm³/mol. The van der Waals surface area contributed by atoms with Crippen LogP contribution in [0.3, 0.4) is 0 Å². The van der Waals surface area contributed by atoms with Crippen LogP contribution < -0.4 is 5.32 Å². The molecule has 3 aromatic rings. The van der Waals surface area contributed by atoms with Crippen LogP contribution in [-0.2, 0) is 14.8 Å². The number of nitrogens with zero attached hydrogens (tertiary/aromatic N) is 2. The monoisotopic (exact) mass is 421 g/mol. The molecule has 27 heavy (non-hydrogen) atoms. The standard InChI is InChI=1S/C18H19N3O3S3/c1-12-5-2-7-14-16(12)19-18(26-14)20-17(22)13-6-3-9-21(11-13)27(23,24)15-8-4-10-25-15/h2,4-5,7-8,10,13H,3,6,9,11H2,1H3,(H,19,20,22). The van der Waals surface area contributed by atoms with Gasteiger partial charge in [0.25, 0.3) is 10.0 Å². The van der Waals surface area contributed by atoms with Crippen LogP contribution in [0.1, 0.15) is 18.4 Å². The van der Waals surface area contributed by atoms with Gasteiger partial charge in [0.15, 0.2) is 5.13 Å². The number of rotatable bonds is 4. The highest BCUT2D eigenvalue weighted by molar-refractivity contribution is 7.91. The summed E-state index contributed by atoms with van der Waals surface area (Å²) in [5, 5.41) is 5.19. The van der Waals surface area contributed by atoms with Crippen molar-refractivity contribution in [3.8, 4) is 0 Å². The number of fused-ring (bicyclic) bond motifs is 1. The van der Waals surface area contributed by atoms with E-state index in [0.717, 1.165) is 15.8 Å². The number of amides is 1. The van der Waals surface area contributed by atoms with Crippen molar-refractivity contribution in [3.63, 3.8) is 0 Å². The van der Waals surface area contributed by atoms with Crippen molar-refractivity contribution in [1.82, 2.24) is 9.29 Å². The molecule has 142 valence electrons. The highest BCUT2D eigenvalue weighted by Gasteiger charge is 2.34. The van der Waals surface area contributed by atoms with Gasteiger partial charge in [-0.15, -0.1) is 11.3 Å². The molecule has 0 radical (unpaired) electrons. The van der Waals surface area contributed by atoms with E-state index in [1.807, 2.05) is 25.1 Å². The van der Waals surface area contributed by atoms with E-state index in [-0.39, 0.29) is 18.4 Å². The van der Waals surface area contributed by atoms with Crippen LogP contribution in [0.4, 0.5) is 5.13 Å². The first-order valence-electron chi connectivity index (χ1n) is 8.66. The van der Waals surface area contributed by atoms with Crippen molar-refractivity contribution < 1.29 is 13.2 Å². The number of hydrogen-bond donors (Lipinski definition) is 1. The fourth-order valence-corrected chi connectivity index (χ4v) is 6.87. The topological polar surface area (TPSA) is 79.4 Å². The molecule has 0 aliphatic carbocycles. The minimum atomic E-state index is -3.53. The Bertz CT molecular complexity index is 1070. The van der Waals surface area contributed by atoms with Gasteiger partial charge in [0.1, 0.15) is 4.21 Å². The maximum absolute atomic E-state index is 12.7. The number of aryl methyl sites for hydroxylation is 1. The van der Waals surface area contributed by atoms with E-state index in [2.05, 4.69) is 10.3 Å². The molecule has 1 saturated heterocycles. The summed E-state index contributed by atoms with van der Waals surface area (Å²) in [4.78, 5) is 17.2. The van der Waals surface area contributed by atoms with E-state index in [1.165, 1.54) is 27.0 Å². The fourth-order valence-electron chi connectivity index (χ4n) is 3.26. The molecule has 0 bridgehead atoms. The summed E-state index contributed by atoms with van der Waals surface area (Å²) in [6, 6.07) is 9.26. The number of thiophene rings is 1. The number of piperidine rings is 1. The Hall–Kier alpha value is -1.81. The van der Waals surface area contributed by atoms with Crippen molar-refractivity contribution in [3.05, 3.63) is 41.3 Å². The summed E-state index contributed by atoms with van der Waals surface area (Å²) >= 11 is 2.64. The summed E-state index contributed by atoms with van der Waals surface area (Å²) in [5.41, 5.74) is 1.96. The van der Waals surface area contributed by atoms with Gasteiger partial charge >= 0.3 is 0 Å². The minimum absolute atomic E-state index is 0.169. The number of hydrogen-bond acceptors (Lipinski definition) is 6. The number of anilines is 1. The van der Waals surface area contributed by atoms with Gasteiger partial charge in [0, 0.05) is 13.1 Å². The van der Waals surface area contributed by atoms with Gasteiger partial charge < -0.3 is 5.32 Å². The average Bonchev–Trinajstić information content (AvgIpc) is 3.32.